The maximum Gasteiger partial charge on any atom is 0.336 e. The highest BCUT2D eigenvalue weighted by atomic mass is 19.1. The molecule has 23 heavy (non-hydrogen) atoms. The summed E-state index contributed by atoms with van der Waals surface area (Å²) in [5.74, 6) is -2.87. The lowest BCUT2D eigenvalue weighted by Crippen LogP contribution is -2.50. The highest BCUT2D eigenvalue weighted by molar-refractivity contribution is 5.96. The lowest BCUT2D eigenvalue weighted by atomic mass is 9.91. The van der Waals surface area contributed by atoms with Gasteiger partial charge < -0.3 is 14.5 Å². The molecule has 0 saturated carbocycles. The summed E-state index contributed by atoms with van der Waals surface area (Å²) in [5, 5.41) is 2.34. The van der Waals surface area contributed by atoms with E-state index in [1.165, 1.54) is 13.0 Å². The van der Waals surface area contributed by atoms with E-state index in [1.54, 1.807) is 13.0 Å². The summed E-state index contributed by atoms with van der Waals surface area (Å²) in [4.78, 5) is 24.3. The number of carbonyl (C=O) groups excluding carboxylic acids is 2. The highest BCUT2D eigenvalue weighted by Gasteiger charge is 2.41. The minimum atomic E-state index is -1.92. The zero-order valence-corrected chi connectivity index (χ0v) is 12.8. The number of carbonyl (C=O) groups is 2. The summed E-state index contributed by atoms with van der Waals surface area (Å²) in [6, 6.07) is 5.58. The van der Waals surface area contributed by atoms with Crippen LogP contribution in [0.15, 0.2) is 34.7 Å². The van der Waals surface area contributed by atoms with Crippen molar-refractivity contribution in [2.24, 2.45) is 0 Å². The van der Waals surface area contributed by atoms with E-state index < -0.39 is 29.0 Å². The van der Waals surface area contributed by atoms with Crippen LogP contribution in [0.2, 0.25) is 0 Å². The SMILES string of the molecule is COC(=O)C(C)(NC(=O)c1ccc(C)o1)c1cc(F)ccc1F. The zero-order chi connectivity index (χ0) is 17.2. The van der Waals surface area contributed by atoms with Crippen molar-refractivity contribution in [2.45, 2.75) is 19.4 Å². The first kappa shape index (κ1) is 16.7. The zero-order valence-electron chi connectivity index (χ0n) is 12.8. The Morgan fingerprint density at radius 2 is 1.91 bits per heavy atom. The van der Waals surface area contributed by atoms with Crippen molar-refractivity contribution < 1.29 is 27.5 Å². The van der Waals surface area contributed by atoms with Crippen molar-refractivity contribution in [2.75, 3.05) is 7.11 Å². The van der Waals surface area contributed by atoms with Crippen molar-refractivity contribution in [3.05, 3.63) is 59.1 Å². The molecule has 1 N–H and O–H groups in total. The molecule has 5 nitrogen and oxygen atoms in total. The summed E-state index contributed by atoms with van der Waals surface area (Å²) in [6.07, 6.45) is 0. The van der Waals surface area contributed by atoms with Gasteiger partial charge in [0.2, 0.25) is 0 Å². The molecular formula is C16H15F2NO4. The largest absolute Gasteiger partial charge is 0.467 e. The van der Waals surface area contributed by atoms with E-state index in [9.17, 15) is 18.4 Å². The molecule has 1 unspecified atom stereocenters. The van der Waals surface area contributed by atoms with Crippen LogP contribution >= 0.6 is 0 Å². The Morgan fingerprint density at radius 3 is 2.48 bits per heavy atom. The Morgan fingerprint density at radius 1 is 1.22 bits per heavy atom. The molecule has 0 spiro atoms. The molecule has 0 radical (unpaired) electrons. The minimum absolute atomic E-state index is 0.0607. The molecule has 0 fully saturated rings. The molecule has 0 bridgehead atoms. The van der Waals surface area contributed by atoms with Crippen LogP contribution in [0.4, 0.5) is 8.78 Å². The molecule has 0 saturated heterocycles. The summed E-state index contributed by atoms with van der Waals surface area (Å²) in [7, 11) is 1.08. The Balaban J connectivity index is 2.45. The lowest BCUT2D eigenvalue weighted by Gasteiger charge is -2.28. The molecule has 7 heteroatoms. The molecule has 2 aromatic rings. The standard InChI is InChI=1S/C16H15F2NO4/c1-9-4-7-13(23-9)14(20)19-16(2,15(21)22-3)11-8-10(17)5-6-12(11)18/h4-8H,1-3H3,(H,19,20). The van der Waals surface area contributed by atoms with Gasteiger partial charge >= 0.3 is 5.97 Å². The average Bonchev–Trinajstić information content (AvgIpc) is 2.95. The van der Waals surface area contributed by atoms with Crippen LogP contribution in [0.25, 0.3) is 0 Å². The highest BCUT2D eigenvalue weighted by Crippen LogP contribution is 2.27. The molecule has 1 amide bonds. The van der Waals surface area contributed by atoms with Crippen LogP contribution in [0.1, 0.15) is 28.8 Å². The fourth-order valence-corrected chi connectivity index (χ4v) is 2.16. The predicted octanol–water partition coefficient (Wildman–Crippen LogP) is 2.68. The van der Waals surface area contributed by atoms with E-state index in [4.69, 9.17) is 4.42 Å². The van der Waals surface area contributed by atoms with Gasteiger partial charge in [0.1, 0.15) is 17.4 Å². The molecule has 1 aromatic heterocycles. The van der Waals surface area contributed by atoms with Gasteiger partial charge in [0.25, 0.3) is 5.91 Å². The quantitative estimate of drug-likeness (QED) is 0.879. The molecule has 1 heterocycles. The van der Waals surface area contributed by atoms with Gasteiger partial charge in [0.05, 0.1) is 7.11 Å². The number of hydrogen-bond donors (Lipinski definition) is 1. The van der Waals surface area contributed by atoms with Crippen molar-refractivity contribution in [1.29, 1.82) is 0 Å². The van der Waals surface area contributed by atoms with E-state index in [1.807, 2.05) is 0 Å². The van der Waals surface area contributed by atoms with E-state index >= 15 is 0 Å². The van der Waals surface area contributed by atoms with E-state index in [0.717, 1.165) is 25.3 Å². The molecule has 0 aliphatic rings. The second kappa shape index (κ2) is 6.20. The van der Waals surface area contributed by atoms with Gasteiger partial charge in [-0.1, -0.05) is 0 Å². The number of esters is 1. The number of rotatable bonds is 4. The fraction of sp³-hybridized carbons (Fsp3) is 0.250. The molecular weight excluding hydrogens is 308 g/mol. The van der Waals surface area contributed by atoms with Crippen molar-refractivity contribution >= 4 is 11.9 Å². The number of methoxy groups -OCH3 is 1. The van der Waals surface area contributed by atoms with Gasteiger partial charge in [-0.3, -0.25) is 4.79 Å². The number of halogens is 2. The molecule has 0 aliphatic carbocycles. The van der Waals surface area contributed by atoms with Gasteiger partial charge in [0, 0.05) is 5.56 Å². The number of hydrogen-bond acceptors (Lipinski definition) is 4. The van der Waals surface area contributed by atoms with E-state index in [0.29, 0.717) is 5.76 Å². The lowest BCUT2D eigenvalue weighted by molar-refractivity contribution is -0.148. The molecule has 0 aliphatic heterocycles. The molecule has 2 rings (SSSR count). The second-order valence-corrected chi connectivity index (χ2v) is 5.11. The Labute approximate surface area is 131 Å². The predicted molar refractivity (Wildman–Crippen MR) is 76.6 cm³/mol. The van der Waals surface area contributed by atoms with Gasteiger partial charge in [-0.25, -0.2) is 13.6 Å². The van der Waals surface area contributed by atoms with Crippen molar-refractivity contribution in [1.82, 2.24) is 5.32 Å². The molecule has 1 aromatic carbocycles. The number of nitrogens with one attached hydrogen (secondary N) is 1. The number of amides is 1. The van der Waals surface area contributed by atoms with Gasteiger partial charge in [-0.15, -0.1) is 0 Å². The third-order valence-electron chi connectivity index (χ3n) is 3.39. The normalized spacial score (nSPS) is 13.3. The summed E-state index contributed by atoms with van der Waals surface area (Å²) >= 11 is 0. The first-order valence-electron chi connectivity index (χ1n) is 6.71. The monoisotopic (exact) mass is 323 g/mol. The number of ether oxygens (including phenoxy) is 1. The maximum atomic E-state index is 14.1. The third kappa shape index (κ3) is 3.23. The number of furan rings is 1. The number of benzene rings is 1. The van der Waals surface area contributed by atoms with E-state index in [-0.39, 0.29) is 11.3 Å². The topological polar surface area (TPSA) is 68.5 Å². The van der Waals surface area contributed by atoms with Crippen LogP contribution < -0.4 is 5.32 Å². The van der Waals surface area contributed by atoms with Gasteiger partial charge in [-0.2, -0.15) is 0 Å². The van der Waals surface area contributed by atoms with Crippen LogP contribution in [0.3, 0.4) is 0 Å². The Hall–Kier alpha value is -2.70. The van der Waals surface area contributed by atoms with Crippen LogP contribution in [-0.4, -0.2) is 19.0 Å². The van der Waals surface area contributed by atoms with Crippen molar-refractivity contribution in [3.63, 3.8) is 0 Å². The smallest absolute Gasteiger partial charge is 0.336 e. The Kier molecular flexibility index (Phi) is 4.49. The van der Waals surface area contributed by atoms with Crippen molar-refractivity contribution in [3.8, 4) is 0 Å². The average molecular weight is 323 g/mol. The van der Waals surface area contributed by atoms with Crippen LogP contribution in [-0.2, 0) is 15.1 Å². The van der Waals surface area contributed by atoms with Gasteiger partial charge in [0.15, 0.2) is 11.3 Å². The molecule has 122 valence electrons. The number of aryl methyl sites for hydroxylation is 1. The summed E-state index contributed by atoms with van der Waals surface area (Å²) in [6.45, 7) is 2.87. The molecule has 1 atom stereocenters. The first-order valence-corrected chi connectivity index (χ1v) is 6.71. The van der Waals surface area contributed by atoms with E-state index in [2.05, 4.69) is 10.1 Å². The fourth-order valence-electron chi connectivity index (χ4n) is 2.16. The van der Waals surface area contributed by atoms with Crippen LogP contribution in [0, 0.1) is 18.6 Å². The maximum absolute atomic E-state index is 14.1. The summed E-state index contributed by atoms with van der Waals surface area (Å²) < 4.78 is 37.3. The summed E-state index contributed by atoms with van der Waals surface area (Å²) in [5.41, 5.74) is -2.26. The first-order chi connectivity index (χ1) is 10.8. The van der Waals surface area contributed by atoms with Gasteiger partial charge in [-0.05, 0) is 44.2 Å². The van der Waals surface area contributed by atoms with Crippen LogP contribution in [0.5, 0.6) is 0 Å². The third-order valence-corrected chi connectivity index (χ3v) is 3.39. The minimum Gasteiger partial charge on any atom is -0.467 e. The second-order valence-electron chi connectivity index (χ2n) is 5.11. The Bertz CT molecular complexity index is 756.